The molecule has 1 aromatic rings. The normalized spacial score (nSPS) is 19.7. The van der Waals surface area contributed by atoms with E-state index < -0.39 is 10.0 Å². The number of likely N-dealkylation sites (tertiary alicyclic amines) is 1. The first kappa shape index (κ1) is 23.5. The number of sulfonamides is 1. The van der Waals surface area contributed by atoms with Crippen LogP contribution in [0.3, 0.4) is 0 Å². The second-order valence-corrected chi connectivity index (χ2v) is 11.4. The zero-order chi connectivity index (χ0) is 21.9. The number of amides is 1. The molecular formula is C22H34ClN3O3S. The van der Waals surface area contributed by atoms with Crippen molar-refractivity contribution in [3.63, 3.8) is 0 Å². The van der Waals surface area contributed by atoms with Gasteiger partial charge in [-0.05, 0) is 63.6 Å². The third kappa shape index (κ3) is 5.55. The Morgan fingerprint density at radius 1 is 1.20 bits per heavy atom. The second kappa shape index (κ2) is 9.98. The van der Waals surface area contributed by atoms with Crippen LogP contribution in [0.5, 0.6) is 0 Å². The number of carbonyl (C=O) groups excluding carboxylic acids is 1. The molecule has 1 aromatic carbocycles. The molecule has 1 aliphatic heterocycles. The highest BCUT2D eigenvalue weighted by Gasteiger charge is 2.27. The fourth-order valence-electron chi connectivity index (χ4n) is 4.36. The van der Waals surface area contributed by atoms with Crippen LogP contribution in [0, 0.1) is 5.92 Å². The lowest BCUT2D eigenvalue weighted by Crippen LogP contribution is -2.45. The smallest absolute Gasteiger partial charge is 0.253 e. The Hall–Kier alpha value is -1.15. The van der Waals surface area contributed by atoms with Crippen molar-refractivity contribution in [1.29, 1.82) is 0 Å². The summed E-state index contributed by atoms with van der Waals surface area (Å²) in [4.78, 5) is 15.5. The van der Waals surface area contributed by atoms with E-state index in [1.165, 1.54) is 61.8 Å². The highest BCUT2D eigenvalue weighted by Crippen LogP contribution is 2.27. The Labute approximate surface area is 186 Å². The summed E-state index contributed by atoms with van der Waals surface area (Å²) in [6, 6.07) is 4.24. The molecular weight excluding hydrogens is 422 g/mol. The van der Waals surface area contributed by atoms with Gasteiger partial charge in [0.2, 0.25) is 10.0 Å². The van der Waals surface area contributed by atoms with E-state index in [1.54, 1.807) is 13.8 Å². The van der Waals surface area contributed by atoms with Crippen molar-refractivity contribution in [3.05, 3.63) is 28.8 Å². The second-order valence-electron chi connectivity index (χ2n) is 8.96. The number of carbonyl (C=O) groups is 1. The molecule has 2 fully saturated rings. The van der Waals surface area contributed by atoms with Crippen LogP contribution in [0.15, 0.2) is 23.1 Å². The highest BCUT2D eigenvalue weighted by molar-refractivity contribution is 7.89. The average Bonchev–Trinajstić information content (AvgIpc) is 3.22. The van der Waals surface area contributed by atoms with E-state index in [0.717, 1.165) is 31.8 Å². The summed E-state index contributed by atoms with van der Waals surface area (Å²) >= 11 is 6.24. The van der Waals surface area contributed by atoms with Gasteiger partial charge in [-0.3, -0.25) is 4.79 Å². The van der Waals surface area contributed by atoms with E-state index in [9.17, 15) is 13.2 Å². The molecule has 0 spiro atoms. The van der Waals surface area contributed by atoms with Crippen molar-refractivity contribution in [3.8, 4) is 0 Å². The van der Waals surface area contributed by atoms with Crippen LogP contribution in [0.2, 0.25) is 5.02 Å². The fraction of sp³-hybridized carbons (Fsp3) is 0.682. The first-order chi connectivity index (χ1) is 14.2. The minimum Gasteiger partial charge on any atom is -0.349 e. The van der Waals surface area contributed by atoms with Crippen molar-refractivity contribution in [2.45, 2.75) is 69.4 Å². The van der Waals surface area contributed by atoms with Crippen LogP contribution in [0.4, 0.5) is 0 Å². The zero-order valence-corrected chi connectivity index (χ0v) is 19.8. The molecule has 30 heavy (non-hydrogen) atoms. The summed E-state index contributed by atoms with van der Waals surface area (Å²) in [5.41, 5.74) is 0.211. The number of piperidine rings is 1. The number of halogens is 1. The quantitative estimate of drug-likeness (QED) is 0.679. The van der Waals surface area contributed by atoms with E-state index in [2.05, 4.69) is 10.2 Å². The van der Waals surface area contributed by atoms with E-state index in [1.807, 2.05) is 0 Å². The van der Waals surface area contributed by atoms with Crippen LogP contribution < -0.4 is 5.32 Å². The highest BCUT2D eigenvalue weighted by atomic mass is 35.5. The largest absolute Gasteiger partial charge is 0.349 e. The van der Waals surface area contributed by atoms with Crippen molar-refractivity contribution in [2.75, 3.05) is 26.7 Å². The molecule has 168 valence electrons. The Morgan fingerprint density at radius 2 is 1.83 bits per heavy atom. The summed E-state index contributed by atoms with van der Waals surface area (Å²) in [5.74, 6) is 0.530. The minimum atomic E-state index is -3.67. The first-order valence-electron chi connectivity index (χ1n) is 11.0. The van der Waals surface area contributed by atoms with Crippen LogP contribution in [0.1, 0.15) is 62.7 Å². The molecule has 0 aromatic heterocycles. The molecule has 0 unspecified atom stereocenters. The monoisotopic (exact) mass is 455 g/mol. The molecule has 1 saturated heterocycles. The molecule has 0 radical (unpaired) electrons. The van der Waals surface area contributed by atoms with Gasteiger partial charge in [0.25, 0.3) is 5.91 Å². The third-order valence-electron chi connectivity index (χ3n) is 6.50. The zero-order valence-electron chi connectivity index (χ0n) is 18.2. The molecule has 1 saturated carbocycles. The topological polar surface area (TPSA) is 69.7 Å². The molecule has 0 atom stereocenters. The van der Waals surface area contributed by atoms with Gasteiger partial charge < -0.3 is 10.2 Å². The molecule has 1 aliphatic carbocycles. The summed E-state index contributed by atoms with van der Waals surface area (Å²) in [6.45, 7) is 6.77. The van der Waals surface area contributed by atoms with Crippen LogP contribution in [-0.4, -0.2) is 62.3 Å². The summed E-state index contributed by atoms with van der Waals surface area (Å²) < 4.78 is 26.8. The number of hydrogen-bond acceptors (Lipinski definition) is 4. The number of benzene rings is 1. The minimum absolute atomic E-state index is 0.0830. The molecule has 2 aliphatic rings. The Bertz CT molecular complexity index is 845. The SMILES string of the molecule is CC(C)N(C)S(=O)(=O)c1ccc(Cl)c(C(=O)NC2CCN(CC3CCCC3)CC2)c1. The maximum atomic E-state index is 12.9. The summed E-state index contributed by atoms with van der Waals surface area (Å²) in [6.07, 6.45) is 7.23. The average molecular weight is 456 g/mol. The van der Waals surface area contributed by atoms with E-state index in [4.69, 9.17) is 11.6 Å². The summed E-state index contributed by atoms with van der Waals surface area (Å²) in [5, 5.41) is 3.32. The predicted octanol–water partition coefficient (Wildman–Crippen LogP) is 3.75. The molecule has 8 heteroatoms. The van der Waals surface area contributed by atoms with Crippen molar-refractivity contribution in [1.82, 2.24) is 14.5 Å². The Morgan fingerprint density at radius 3 is 2.43 bits per heavy atom. The fourth-order valence-corrected chi connectivity index (χ4v) is 5.96. The van der Waals surface area contributed by atoms with Gasteiger partial charge in [0, 0.05) is 38.8 Å². The van der Waals surface area contributed by atoms with E-state index in [0.29, 0.717) is 0 Å². The van der Waals surface area contributed by atoms with Crippen molar-refractivity contribution < 1.29 is 13.2 Å². The van der Waals surface area contributed by atoms with Gasteiger partial charge in [0.1, 0.15) is 0 Å². The molecule has 0 bridgehead atoms. The lowest BCUT2D eigenvalue weighted by atomic mass is 10.0. The lowest BCUT2D eigenvalue weighted by molar-refractivity contribution is 0.0905. The van der Waals surface area contributed by atoms with Crippen LogP contribution in [0.25, 0.3) is 0 Å². The van der Waals surface area contributed by atoms with Crippen molar-refractivity contribution >= 4 is 27.5 Å². The van der Waals surface area contributed by atoms with Crippen LogP contribution >= 0.6 is 11.6 Å². The van der Waals surface area contributed by atoms with Gasteiger partial charge in [0.15, 0.2) is 0 Å². The van der Waals surface area contributed by atoms with Gasteiger partial charge >= 0.3 is 0 Å². The maximum Gasteiger partial charge on any atom is 0.253 e. The van der Waals surface area contributed by atoms with E-state index in [-0.39, 0.29) is 33.5 Å². The molecule has 3 rings (SSSR count). The van der Waals surface area contributed by atoms with Crippen molar-refractivity contribution in [2.24, 2.45) is 5.92 Å². The Balaban J connectivity index is 1.61. The van der Waals surface area contributed by atoms with Gasteiger partial charge in [-0.2, -0.15) is 4.31 Å². The molecule has 1 heterocycles. The number of nitrogens with zero attached hydrogens (tertiary/aromatic N) is 2. The van der Waals surface area contributed by atoms with Crippen LogP contribution in [-0.2, 0) is 10.0 Å². The molecule has 6 nitrogen and oxygen atoms in total. The molecule has 1 amide bonds. The predicted molar refractivity (Wildman–Crippen MR) is 120 cm³/mol. The van der Waals surface area contributed by atoms with Gasteiger partial charge in [-0.1, -0.05) is 24.4 Å². The maximum absolute atomic E-state index is 12.9. The number of nitrogens with one attached hydrogen (secondary N) is 1. The Kier molecular flexibility index (Phi) is 7.82. The number of hydrogen-bond donors (Lipinski definition) is 1. The van der Waals surface area contributed by atoms with Gasteiger partial charge in [-0.25, -0.2) is 8.42 Å². The summed E-state index contributed by atoms with van der Waals surface area (Å²) in [7, 11) is -2.14. The third-order valence-corrected chi connectivity index (χ3v) is 8.86. The van der Waals surface area contributed by atoms with Gasteiger partial charge in [0.05, 0.1) is 15.5 Å². The standard InChI is InChI=1S/C22H34ClN3O3S/c1-16(2)25(3)30(28,29)19-8-9-21(23)20(14-19)22(27)24-18-10-12-26(13-11-18)15-17-6-4-5-7-17/h8-9,14,16-18H,4-7,10-13,15H2,1-3H3,(H,24,27). The van der Waals surface area contributed by atoms with E-state index >= 15 is 0 Å². The lowest BCUT2D eigenvalue weighted by Gasteiger charge is -2.34. The first-order valence-corrected chi connectivity index (χ1v) is 12.8. The van der Waals surface area contributed by atoms with Gasteiger partial charge in [-0.15, -0.1) is 0 Å². The number of rotatable bonds is 7. The molecule has 1 N–H and O–H groups in total.